The van der Waals surface area contributed by atoms with Crippen LogP contribution in [0.1, 0.15) is 112 Å². The van der Waals surface area contributed by atoms with E-state index in [1.807, 2.05) is 0 Å². The SMILES string of the molecule is CC(C)[C@@H](C)CC[C@@H](C)[C@H]1CCC2C3CCC4CC(CC(=O)O)=CC[C@]4(C)C3CC[C@@]21C. The second-order valence-corrected chi connectivity index (χ2v) is 13.5. The summed E-state index contributed by atoms with van der Waals surface area (Å²) < 4.78 is 0. The molecule has 182 valence electrons. The van der Waals surface area contributed by atoms with Crippen molar-refractivity contribution in [1.29, 1.82) is 0 Å². The lowest BCUT2D eigenvalue weighted by molar-refractivity contribution is -0.136. The van der Waals surface area contributed by atoms with Crippen LogP contribution >= 0.6 is 0 Å². The van der Waals surface area contributed by atoms with Crippen LogP contribution in [0.3, 0.4) is 0 Å². The van der Waals surface area contributed by atoms with Crippen LogP contribution in [0.4, 0.5) is 0 Å². The van der Waals surface area contributed by atoms with Gasteiger partial charge >= 0.3 is 5.97 Å². The van der Waals surface area contributed by atoms with E-state index in [-0.39, 0.29) is 6.42 Å². The highest BCUT2D eigenvalue weighted by molar-refractivity contribution is 5.70. The van der Waals surface area contributed by atoms with Crippen molar-refractivity contribution in [3.05, 3.63) is 11.6 Å². The summed E-state index contributed by atoms with van der Waals surface area (Å²) in [6.45, 7) is 15.0. The Morgan fingerprint density at radius 1 is 1.00 bits per heavy atom. The Kier molecular flexibility index (Phi) is 6.92. The van der Waals surface area contributed by atoms with Gasteiger partial charge < -0.3 is 5.11 Å². The van der Waals surface area contributed by atoms with Crippen molar-refractivity contribution in [1.82, 2.24) is 0 Å². The number of allylic oxidation sites excluding steroid dienone is 1. The van der Waals surface area contributed by atoms with Crippen LogP contribution in [0.15, 0.2) is 11.6 Å². The molecule has 3 fully saturated rings. The standard InChI is InChI=1S/C30H50O2/c1-19(2)20(3)7-8-21(4)25-11-12-26-24-10-9-23-17-22(18-28(31)32)13-15-29(23,5)27(24)14-16-30(25,26)6/h13,19-21,23-27H,7-12,14-18H2,1-6H3,(H,31,32)/t20-,21+,23?,24?,25+,26?,27?,29-,30+/m0/s1. The van der Waals surface area contributed by atoms with Gasteiger partial charge in [-0.2, -0.15) is 0 Å². The number of carbonyl (C=O) groups is 1. The summed E-state index contributed by atoms with van der Waals surface area (Å²) in [6.07, 6.45) is 16.1. The van der Waals surface area contributed by atoms with Crippen LogP contribution < -0.4 is 0 Å². The molecule has 1 N–H and O–H groups in total. The molecule has 2 nitrogen and oxygen atoms in total. The van der Waals surface area contributed by atoms with Gasteiger partial charge in [-0.25, -0.2) is 0 Å². The second-order valence-electron chi connectivity index (χ2n) is 13.5. The monoisotopic (exact) mass is 442 g/mol. The molecule has 4 unspecified atom stereocenters. The third-order valence-electron chi connectivity index (χ3n) is 11.8. The highest BCUT2D eigenvalue weighted by Crippen LogP contribution is 2.68. The molecule has 9 atom stereocenters. The van der Waals surface area contributed by atoms with Gasteiger partial charge in [0.2, 0.25) is 0 Å². The number of hydrogen-bond donors (Lipinski definition) is 1. The lowest BCUT2D eigenvalue weighted by atomic mass is 9.44. The Morgan fingerprint density at radius 3 is 2.41 bits per heavy atom. The van der Waals surface area contributed by atoms with E-state index in [9.17, 15) is 9.90 Å². The molecule has 0 saturated heterocycles. The first kappa shape index (κ1) is 24.3. The summed E-state index contributed by atoms with van der Waals surface area (Å²) >= 11 is 0. The molecule has 32 heavy (non-hydrogen) atoms. The van der Waals surface area contributed by atoms with Crippen molar-refractivity contribution < 1.29 is 9.90 Å². The van der Waals surface area contributed by atoms with E-state index in [2.05, 4.69) is 47.6 Å². The van der Waals surface area contributed by atoms with Gasteiger partial charge in [0, 0.05) is 0 Å². The quantitative estimate of drug-likeness (QED) is 0.402. The molecule has 0 aromatic heterocycles. The van der Waals surface area contributed by atoms with Gasteiger partial charge in [-0.15, -0.1) is 0 Å². The minimum absolute atomic E-state index is 0.260. The number of fused-ring (bicyclic) bond motifs is 5. The van der Waals surface area contributed by atoms with Crippen molar-refractivity contribution in [3.63, 3.8) is 0 Å². The molecule has 0 aromatic carbocycles. The van der Waals surface area contributed by atoms with Crippen molar-refractivity contribution in [2.45, 2.75) is 112 Å². The molecule has 0 aliphatic heterocycles. The molecule has 2 heteroatoms. The van der Waals surface area contributed by atoms with E-state index < -0.39 is 5.97 Å². The van der Waals surface area contributed by atoms with Gasteiger partial charge in [-0.3, -0.25) is 4.79 Å². The Labute approximate surface area is 198 Å². The molecule has 0 radical (unpaired) electrons. The van der Waals surface area contributed by atoms with Crippen molar-refractivity contribution >= 4 is 5.97 Å². The lowest BCUT2D eigenvalue weighted by Crippen LogP contribution is -2.52. The van der Waals surface area contributed by atoms with Crippen molar-refractivity contribution in [2.75, 3.05) is 0 Å². The summed E-state index contributed by atoms with van der Waals surface area (Å²) in [5.74, 6) is 6.20. The molecule has 3 saturated carbocycles. The summed E-state index contributed by atoms with van der Waals surface area (Å²) in [4.78, 5) is 11.3. The summed E-state index contributed by atoms with van der Waals surface area (Å²) in [5.41, 5.74) is 2.16. The summed E-state index contributed by atoms with van der Waals surface area (Å²) in [5, 5.41) is 9.27. The van der Waals surface area contributed by atoms with Crippen molar-refractivity contribution in [2.24, 2.45) is 58.2 Å². The smallest absolute Gasteiger partial charge is 0.307 e. The van der Waals surface area contributed by atoms with Gasteiger partial charge in [-0.1, -0.05) is 66.0 Å². The topological polar surface area (TPSA) is 37.3 Å². The number of carboxylic acids is 1. The minimum atomic E-state index is -0.657. The third-order valence-corrected chi connectivity index (χ3v) is 11.8. The third kappa shape index (κ3) is 4.22. The average molecular weight is 443 g/mol. The van der Waals surface area contributed by atoms with E-state index in [0.717, 1.165) is 54.3 Å². The fourth-order valence-corrected chi connectivity index (χ4v) is 9.33. The Bertz CT molecular complexity index is 722. The first-order chi connectivity index (χ1) is 15.1. The molecule has 4 rings (SSSR count). The zero-order chi connectivity index (χ0) is 23.3. The normalized spacial score (nSPS) is 43.1. The van der Waals surface area contributed by atoms with Gasteiger partial charge in [0.05, 0.1) is 6.42 Å². The number of hydrogen-bond acceptors (Lipinski definition) is 1. The zero-order valence-electron chi connectivity index (χ0n) is 21.8. The van der Waals surface area contributed by atoms with Crippen LogP contribution in [0.25, 0.3) is 0 Å². The fourth-order valence-electron chi connectivity index (χ4n) is 9.33. The summed E-state index contributed by atoms with van der Waals surface area (Å²) in [6, 6.07) is 0. The van der Waals surface area contributed by atoms with Crippen molar-refractivity contribution in [3.8, 4) is 0 Å². The van der Waals surface area contributed by atoms with E-state index in [1.165, 1.54) is 56.9 Å². The van der Waals surface area contributed by atoms with E-state index in [1.54, 1.807) is 0 Å². The number of aliphatic carboxylic acids is 1. The maximum absolute atomic E-state index is 11.3. The van der Waals surface area contributed by atoms with Crippen LogP contribution in [0.5, 0.6) is 0 Å². The highest BCUT2D eigenvalue weighted by Gasteiger charge is 2.60. The van der Waals surface area contributed by atoms with Gasteiger partial charge in [0.25, 0.3) is 0 Å². The van der Waals surface area contributed by atoms with Crippen LogP contribution in [0.2, 0.25) is 0 Å². The predicted molar refractivity (Wildman–Crippen MR) is 133 cm³/mol. The van der Waals surface area contributed by atoms with Crippen LogP contribution in [-0.2, 0) is 4.79 Å². The van der Waals surface area contributed by atoms with E-state index in [0.29, 0.717) is 16.7 Å². The minimum Gasteiger partial charge on any atom is -0.481 e. The molecule has 4 aliphatic carbocycles. The molecular weight excluding hydrogens is 392 g/mol. The van der Waals surface area contributed by atoms with Crippen LogP contribution in [0, 0.1) is 58.2 Å². The largest absolute Gasteiger partial charge is 0.481 e. The highest BCUT2D eigenvalue weighted by atomic mass is 16.4. The van der Waals surface area contributed by atoms with Gasteiger partial charge in [-0.05, 0) is 110 Å². The van der Waals surface area contributed by atoms with Crippen LogP contribution in [-0.4, -0.2) is 11.1 Å². The van der Waals surface area contributed by atoms with Gasteiger partial charge in [0.15, 0.2) is 0 Å². The second kappa shape index (κ2) is 9.10. The molecule has 0 heterocycles. The molecule has 0 aromatic rings. The Balaban J connectivity index is 1.46. The summed E-state index contributed by atoms with van der Waals surface area (Å²) in [7, 11) is 0. The fraction of sp³-hybridized carbons (Fsp3) is 0.900. The van der Waals surface area contributed by atoms with E-state index in [4.69, 9.17) is 0 Å². The zero-order valence-corrected chi connectivity index (χ0v) is 21.8. The lowest BCUT2D eigenvalue weighted by Gasteiger charge is -2.60. The Morgan fingerprint density at radius 2 is 1.72 bits per heavy atom. The maximum Gasteiger partial charge on any atom is 0.307 e. The maximum atomic E-state index is 11.3. The Hall–Kier alpha value is -0.790. The predicted octanol–water partition coefficient (Wildman–Crippen LogP) is 8.36. The number of rotatable bonds is 7. The molecular formula is C30H50O2. The van der Waals surface area contributed by atoms with E-state index >= 15 is 0 Å². The molecule has 0 spiro atoms. The first-order valence-corrected chi connectivity index (χ1v) is 14.0. The molecule has 0 amide bonds. The molecule has 0 bridgehead atoms. The number of carboxylic acid groups (broad SMARTS) is 1. The first-order valence-electron chi connectivity index (χ1n) is 14.0. The average Bonchev–Trinajstić information content (AvgIpc) is 3.08. The van der Waals surface area contributed by atoms with Gasteiger partial charge in [0.1, 0.15) is 0 Å². The molecule has 4 aliphatic rings.